The number of benzene rings is 1. The van der Waals surface area contributed by atoms with E-state index in [-0.39, 0.29) is 35.1 Å². The summed E-state index contributed by atoms with van der Waals surface area (Å²) in [4.78, 5) is 13.3. The zero-order valence-corrected chi connectivity index (χ0v) is 15.7. The Morgan fingerprint density at radius 2 is 1.81 bits per heavy atom. The number of nitrogens with one attached hydrogen (secondary N) is 1. The molecule has 3 unspecified atom stereocenters. The molecule has 1 aliphatic rings. The molecule has 2 rings (SSSR count). The first-order valence-electron chi connectivity index (χ1n) is 7.86. The van der Waals surface area contributed by atoms with Crippen molar-refractivity contribution < 1.29 is 31.3 Å². The van der Waals surface area contributed by atoms with E-state index < -0.39 is 48.0 Å². The summed E-state index contributed by atoms with van der Waals surface area (Å²) in [6.07, 6.45) is 1.72. The van der Waals surface area contributed by atoms with Crippen molar-refractivity contribution in [2.75, 3.05) is 12.8 Å². The van der Waals surface area contributed by atoms with Gasteiger partial charge in [-0.15, -0.1) is 0 Å². The van der Waals surface area contributed by atoms with E-state index in [1.807, 2.05) is 0 Å². The first kappa shape index (κ1) is 24.7. The summed E-state index contributed by atoms with van der Waals surface area (Å²) in [6.45, 7) is 0.487. The predicted octanol–water partition coefficient (Wildman–Crippen LogP) is -1.87. The van der Waals surface area contributed by atoms with E-state index in [4.69, 9.17) is 5.73 Å². The van der Waals surface area contributed by atoms with Crippen molar-refractivity contribution in [2.24, 2.45) is 5.73 Å². The van der Waals surface area contributed by atoms with Crippen LogP contribution in [0, 0.1) is 0 Å². The average molecular weight is 430 g/mol. The van der Waals surface area contributed by atoms with Crippen LogP contribution in [0.15, 0.2) is 30.3 Å². The van der Waals surface area contributed by atoms with Gasteiger partial charge in [0.05, 0.1) is 12.1 Å². The molecule has 0 aliphatic carbocycles. The first-order valence-corrected chi connectivity index (χ1v) is 11.3. The average Bonchev–Trinajstić information content (AvgIpc) is 3.07. The molecule has 1 saturated heterocycles. The number of ketones is 1. The molecule has 0 bridgehead atoms. The van der Waals surface area contributed by atoms with Gasteiger partial charge >= 0.3 is 29.6 Å². The second kappa shape index (κ2) is 8.97. The molecule has 0 aromatic heterocycles. The number of carbonyl (C=O) groups is 1. The van der Waals surface area contributed by atoms with Crippen LogP contribution in [0.3, 0.4) is 0 Å². The van der Waals surface area contributed by atoms with Crippen LogP contribution in [0.2, 0.25) is 0 Å². The molecule has 0 saturated carbocycles. The van der Waals surface area contributed by atoms with E-state index in [0.29, 0.717) is 19.4 Å². The van der Waals surface area contributed by atoms with Crippen LogP contribution in [0.25, 0.3) is 0 Å². The maximum absolute atomic E-state index is 13.3. The fourth-order valence-corrected chi connectivity index (χ4v) is 5.74. The van der Waals surface area contributed by atoms with E-state index in [2.05, 4.69) is 5.32 Å². The van der Waals surface area contributed by atoms with E-state index in [1.165, 1.54) is 24.3 Å². The van der Waals surface area contributed by atoms with E-state index in [1.54, 1.807) is 6.07 Å². The standard InChI is InChI=1S/C15H22N2O7S2.Na.H/c1-25(20,21)15(10-6-3-2-4-7-10,12(16)14(19)26(22,23)24)13(18)11-8-5-9-17-11;;/h2-4,6-7,11-12,14,17,19H,5,8-9,16H2,1H3,(H,22,23,24);;/t11-,12?,14?,15?;;/m0../s1. The minimum absolute atomic E-state index is 0. The van der Waals surface area contributed by atoms with Gasteiger partial charge in [-0.05, 0) is 24.9 Å². The Morgan fingerprint density at radius 3 is 2.22 bits per heavy atom. The van der Waals surface area contributed by atoms with Gasteiger partial charge in [0.25, 0.3) is 10.1 Å². The van der Waals surface area contributed by atoms with Gasteiger partial charge in [-0.2, -0.15) is 8.42 Å². The number of aliphatic hydroxyl groups is 1. The van der Waals surface area contributed by atoms with Crippen LogP contribution in [0.4, 0.5) is 0 Å². The molecule has 12 heteroatoms. The molecular weight excluding hydrogens is 407 g/mol. The molecule has 4 atom stereocenters. The Hall–Kier alpha value is -0.370. The van der Waals surface area contributed by atoms with E-state index >= 15 is 0 Å². The summed E-state index contributed by atoms with van der Waals surface area (Å²) in [7, 11) is -9.49. The normalized spacial score (nSPS) is 22.3. The Kier molecular flexibility index (Phi) is 8.20. The van der Waals surface area contributed by atoms with Crippen LogP contribution >= 0.6 is 0 Å². The summed E-state index contributed by atoms with van der Waals surface area (Å²) < 4.78 is 55.1. The number of aliphatic hydroxyl groups excluding tert-OH is 1. The topological polar surface area (TPSA) is 164 Å². The summed E-state index contributed by atoms with van der Waals surface area (Å²) in [5.41, 5.74) is 3.12. The summed E-state index contributed by atoms with van der Waals surface area (Å²) in [5.74, 6) is -0.862. The van der Waals surface area contributed by atoms with Crippen LogP contribution in [-0.2, 0) is 29.5 Å². The third-order valence-corrected chi connectivity index (χ3v) is 7.39. The van der Waals surface area contributed by atoms with Crippen LogP contribution in [0.1, 0.15) is 18.4 Å². The molecule has 0 spiro atoms. The Morgan fingerprint density at radius 1 is 1.26 bits per heavy atom. The van der Waals surface area contributed by atoms with Crippen LogP contribution in [-0.4, -0.2) is 92.2 Å². The quantitative estimate of drug-likeness (QED) is 0.287. The molecule has 148 valence electrons. The van der Waals surface area contributed by atoms with Crippen molar-refractivity contribution in [3.05, 3.63) is 35.9 Å². The molecule has 0 radical (unpaired) electrons. The zero-order valence-electron chi connectivity index (χ0n) is 14.1. The minimum atomic E-state index is -5.12. The van der Waals surface area contributed by atoms with Gasteiger partial charge in [-0.1, -0.05) is 30.3 Å². The predicted molar refractivity (Wildman–Crippen MR) is 102 cm³/mol. The molecular formula is C15H23N2NaO7S2. The second-order valence-electron chi connectivity index (χ2n) is 6.32. The SMILES string of the molecule is CS(=O)(=O)C(C(=O)[C@@H]1CCCN1)(c1ccccc1)C(N)C(O)S(=O)(=O)O.[NaH]. The van der Waals surface area contributed by atoms with Gasteiger partial charge in [0.2, 0.25) is 0 Å². The van der Waals surface area contributed by atoms with E-state index in [9.17, 15) is 31.3 Å². The third kappa shape index (κ3) is 4.62. The summed E-state index contributed by atoms with van der Waals surface area (Å²) in [5, 5.41) is 12.9. The number of rotatable bonds is 7. The number of hydrogen-bond acceptors (Lipinski definition) is 8. The number of hydrogen-bond donors (Lipinski definition) is 4. The monoisotopic (exact) mass is 430 g/mol. The van der Waals surface area contributed by atoms with E-state index in [0.717, 1.165) is 6.26 Å². The van der Waals surface area contributed by atoms with Crippen molar-refractivity contribution in [3.63, 3.8) is 0 Å². The molecule has 0 amide bonds. The maximum atomic E-state index is 13.3. The number of carbonyl (C=O) groups excluding carboxylic acids is 1. The molecule has 1 heterocycles. The van der Waals surface area contributed by atoms with Gasteiger partial charge in [0, 0.05) is 6.26 Å². The summed E-state index contributed by atoms with van der Waals surface area (Å²) in [6, 6.07) is 4.16. The van der Waals surface area contributed by atoms with Gasteiger partial charge in [0.1, 0.15) is 0 Å². The Balaban J connectivity index is 0.00000364. The molecule has 1 aromatic carbocycles. The molecule has 27 heavy (non-hydrogen) atoms. The van der Waals surface area contributed by atoms with Crippen molar-refractivity contribution in [2.45, 2.75) is 35.1 Å². The molecule has 5 N–H and O–H groups in total. The number of nitrogens with two attached hydrogens (primary N) is 1. The molecule has 1 fully saturated rings. The van der Waals surface area contributed by atoms with Crippen LogP contribution in [0.5, 0.6) is 0 Å². The number of Topliss-reactive ketones (excluding diaryl/α,β-unsaturated/α-hetero) is 1. The Bertz CT molecular complexity index is 871. The zero-order chi connectivity index (χ0) is 19.8. The summed E-state index contributed by atoms with van der Waals surface area (Å²) >= 11 is 0. The van der Waals surface area contributed by atoms with Crippen molar-refractivity contribution in [1.29, 1.82) is 0 Å². The van der Waals surface area contributed by atoms with Gasteiger partial charge in [-0.25, -0.2) is 8.42 Å². The fourth-order valence-electron chi connectivity index (χ4n) is 3.38. The van der Waals surface area contributed by atoms with Crippen molar-refractivity contribution >= 4 is 55.3 Å². The van der Waals surface area contributed by atoms with Gasteiger partial charge in [-0.3, -0.25) is 9.35 Å². The fraction of sp³-hybridized carbons (Fsp3) is 0.533. The van der Waals surface area contributed by atoms with Crippen molar-refractivity contribution in [3.8, 4) is 0 Å². The Labute approximate surface area is 180 Å². The first-order chi connectivity index (χ1) is 11.9. The third-order valence-electron chi connectivity index (χ3n) is 4.61. The molecule has 1 aliphatic heterocycles. The van der Waals surface area contributed by atoms with Crippen LogP contribution < -0.4 is 11.1 Å². The molecule has 1 aromatic rings. The second-order valence-corrected chi connectivity index (χ2v) is 10.0. The van der Waals surface area contributed by atoms with Gasteiger partial charge < -0.3 is 16.2 Å². The van der Waals surface area contributed by atoms with Crippen molar-refractivity contribution in [1.82, 2.24) is 5.32 Å². The molecule has 9 nitrogen and oxygen atoms in total. The number of sulfone groups is 1. The van der Waals surface area contributed by atoms with Gasteiger partial charge in [0.15, 0.2) is 25.8 Å².